The van der Waals surface area contributed by atoms with Gasteiger partial charge in [-0.05, 0) is 38.1 Å². The number of methoxy groups -OCH3 is 1. The molecular weight excluding hydrogens is 452 g/mol. The molecule has 0 bridgehead atoms. The zero-order chi connectivity index (χ0) is 25.3. The minimum atomic E-state index is -1.33. The highest BCUT2D eigenvalue weighted by atomic mass is 16.7. The zero-order valence-corrected chi connectivity index (χ0v) is 20.1. The highest BCUT2D eigenvalue weighted by Crippen LogP contribution is 2.37. The Labute approximate surface area is 202 Å². The molecule has 1 saturated heterocycles. The van der Waals surface area contributed by atoms with Crippen LogP contribution in [0.3, 0.4) is 0 Å². The number of anilines is 1. The molecule has 9 nitrogen and oxygen atoms in total. The van der Waals surface area contributed by atoms with Crippen molar-refractivity contribution in [3.05, 3.63) is 65.5 Å². The van der Waals surface area contributed by atoms with E-state index in [2.05, 4.69) is 5.32 Å². The molecule has 0 saturated carbocycles. The fourth-order valence-corrected chi connectivity index (χ4v) is 4.02. The van der Waals surface area contributed by atoms with Crippen LogP contribution in [0.1, 0.15) is 36.8 Å². The number of cyclic esters (lactones) is 2. The van der Waals surface area contributed by atoms with Gasteiger partial charge in [0, 0.05) is 36.8 Å². The van der Waals surface area contributed by atoms with Gasteiger partial charge in [-0.2, -0.15) is 0 Å². The number of hydrogen-bond donors (Lipinski definition) is 1. The van der Waals surface area contributed by atoms with Gasteiger partial charge in [-0.15, -0.1) is 0 Å². The largest absolute Gasteiger partial charge is 0.495 e. The van der Waals surface area contributed by atoms with E-state index in [0.29, 0.717) is 33.6 Å². The molecule has 1 fully saturated rings. The Bertz CT molecular complexity index is 1330. The van der Waals surface area contributed by atoms with Crippen molar-refractivity contribution in [2.75, 3.05) is 19.0 Å². The number of fused-ring (bicyclic) bond motifs is 1. The second kappa shape index (κ2) is 9.17. The van der Waals surface area contributed by atoms with Crippen molar-refractivity contribution in [2.45, 2.75) is 33.5 Å². The van der Waals surface area contributed by atoms with Gasteiger partial charge in [0.05, 0.1) is 30.5 Å². The summed E-state index contributed by atoms with van der Waals surface area (Å²) in [6.45, 7) is 6.79. The molecule has 0 unspecified atom stereocenters. The highest BCUT2D eigenvalue weighted by molar-refractivity contribution is 6.15. The molecule has 1 aromatic heterocycles. The van der Waals surface area contributed by atoms with E-state index in [4.69, 9.17) is 18.9 Å². The molecule has 3 aromatic rings. The van der Waals surface area contributed by atoms with E-state index in [9.17, 15) is 14.4 Å². The van der Waals surface area contributed by atoms with E-state index in [0.717, 1.165) is 5.69 Å². The average Bonchev–Trinajstić information content (AvgIpc) is 3.08. The fraction of sp³-hybridized carbons (Fsp3) is 0.269. The summed E-state index contributed by atoms with van der Waals surface area (Å²) in [5.74, 6) is -2.98. The van der Waals surface area contributed by atoms with Gasteiger partial charge in [-0.3, -0.25) is 0 Å². The van der Waals surface area contributed by atoms with Crippen LogP contribution in [0, 0.1) is 6.92 Å². The number of benzene rings is 2. The van der Waals surface area contributed by atoms with Crippen LogP contribution in [-0.4, -0.2) is 42.0 Å². The Kier molecular flexibility index (Phi) is 6.26. The van der Waals surface area contributed by atoms with Gasteiger partial charge in [0.1, 0.15) is 5.75 Å². The lowest BCUT2D eigenvalue weighted by Gasteiger charge is -2.29. The third-order valence-corrected chi connectivity index (χ3v) is 5.51. The standard InChI is InChI=1S/C26H26N2O7/c1-6-33-25(31)22-15(2)28(16-10-8-7-9-11-16)20-13-19(21(32-5)12-17(20)22)27-14-18-23(29)34-26(3,4)35-24(18)30/h7-14,27H,6H2,1-5H3. The Hall–Kier alpha value is -4.27. The number of ether oxygens (including phenoxy) is 4. The molecule has 0 amide bonds. The van der Waals surface area contributed by atoms with Crippen molar-refractivity contribution in [1.29, 1.82) is 0 Å². The van der Waals surface area contributed by atoms with Crippen LogP contribution in [0.15, 0.2) is 54.2 Å². The summed E-state index contributed by atoms with van der Waals surface area (Å²) in [6.07, 6.45) is 1.22. The number of rotatable bonds is 6. The summed E-state index contributed by atoms with van der Waals surface area (Å²) in [6, 6.07) is 13.1. The lowest BCUT2D eigenvalue weighted by molar-refractivity contribution is -0.222. The SMILES string of the molecule is CCOC(=O)c1c(C)n(-c2ccccc2)c2cc(NC=C3C(=O)OC(C)(C)OC3=O)c(OC)cc12. The fourth-order valence-electron chi connectivity index (χ4n) is 4.02. The first kappa shape index (κ1) is 23.9. The van der Waals surface area contributed by atoms with Crippen molar-refractivity contribution in [1.82, 2.24) is 4.57 Å². The van der Waals surface area contributed by atoms with Crippen LogP contribution < -0.4 is 10.1 Å². The van der Waals surface area contributed by atoms with E-state index < -0.39 is 23.7 Å². The molecule has 35 heavy (non-hydrogen) atoms. The number of aromatic nitrogens is 1. The Morgan fingerprint density at radius 1 is 1.11 bits per heavy atom. The molecular formula is C26H26N2O7. The Morgan fingerprint density at radius 2 is 1.77 bits per heavy atom. The van der Waals surface area contributed by atoms with Crippen LogP contribution in [0.4, 0.5) is 5.69 Å². The molecule has 1 aliphatic rings. The lowest BCUT2D eigenvalue weighted by Crippen LogP contribution is -2.42. The number of esters is 3. The van der Waals surface area contributed by atoms with Gasteiger partial charge >= 0.3 is 17.9 Å². The quantitative estimate of drug-likeness (QED) is 0.318. The normalized spacial score (nSPS) is 14.8. The number of nitrogens with zero attached hydrogens (tertiary/aromatic N) is 1. The molecule has 0 spiro atoms. The minimum Gasteiger partial charge on any atom is -0.495 e. The van der Waals surface area contributed by atoms with Crippen LogP contribution in [-0.2, 0) is 23.8 Å². The van der Waals surface area contributed by atoms with Gasteiger partial charge < -0.3 is 28.8 Å². The van der Waals surface area contributed by atoms with Gasteiger partial charge in [0.15, 0.2) is 5.57 Å². The van der Waals surface area contributed by atoms with Crippen LogP contribution >= 0.6 is 0 Å². The van der Waals surface area contributed by atoms with E-state index in [1.807, 2.05) is 41.8 Å². The zero-order valence-electron chi connectivity index (χ0n) is 20.1. The van der Waals surface area contributed by atoms with Crippen LogP contribution in [0.2, 0.25) is 0 Å². The molecule has 0 aliphatic carbocycles. The maximum Gasteiger partial charge on any atom is 0.350 e. The lowest BCUT2D eigenvalue weighted by atomic mass is 10.1. The monoisotopic (exact) mass is 478 g/mol. The van der Waals surface area contributed by atoms with Gasteiger partial charge in [-0.1, -0.05) is 18.2 Å². The average molecular weight is 479 g/mol. The van der Waals surface area contributed by atoms with Crippen molar-refractivity contribution in [3.8, 4) is 11.4 Å². The molecule has 1 N–H and O–H groups in total. The maximum atomic E-state index is 12.9. The highest BCUT2D eigenvalue weighted by Gasteiger charge is 2.39. The predicted molar refractivity (Wildman–Crippen MR) is 128 cm³/mol. The molecule has 9 heteroatoms. The number of carbonyl (C=O) groups excluding carboxylic acids is 3. The predicted octanol–water partition coefficient (Wildman–Crippen LogP) is 4.26. The summed E-state index contributed by atoms with van der Waals surface area (Å²) in [5, 5.41) is 3.59. The first-order valence-corrected chi connectivity index (χ1v) is 11.1. The first-order valence-electron chi connectivity index (χ1n) is 11.1. The molecule has 1 aliphatic heterocycles. The molecule has 0 atom stereocenters. The summed E-state index contributed by atoms with van der Waals surface area (Å²) in [5.41, 5.74) is 2.85. The number of carbonyl (C=O) groups is 3. The van der Waals surface area contributed by atoms with Crippen molar-refractivity contribution >= 4 is 34.5 Å². The van der Waals surface area contributed by atoms with E-state index in [1.165, 1.54) is 27.2 Å². The molecule has 0 radical (unpaired) electrons. The van der Waals surface area contributed by atoms with E-state index in [-0.39, 0.29) is 12.2 Å². The van der Waals surface area contributed by atoms with Crippen LogP contribution in [0.25, 0.3) is 16.6 Å². The van der Waals surface area contributed by atoms with Gasteiger partial charge in [-0.25, -0.2) is 14.4 Å². The second-order valence-electron chi connectivity index (χ2n) is 8.30. The smallest absolute Gasteiger partial charge is 0.350 e. The Morgan fingerprint density at radius 3 is 2.37 bits per heavy atom. The topological polar surface area (TPSA) is 105 Å². The van der Waals surface area contributed by atoms with Gasteiger partial charge in [0.2, 0.25) is 0 Å². The first-order chi connectivity index (χ1) is 16.7. The third-order valence-electron chi connectivity index (χ3n) is 5.51. The van der Waals surface area contributed by atoms with Crippen molar-refractivity contribution < 1.29 is 33.3 Å². The summed E-state index contributed by atoms with van der Waals surface area (Å²) >= 11 is 0. The number of hydrogen-bond acceptors (Lipinski definition) is 8. The molecule has 4 rings (SSSR count). The number of para-hydroxylation sites is 1. The number of nitrogens with one attached hydrogen (secondary N) is 1. The van der Waals surface area contributed by atoms with Crippen LogP contribution in [0.5, 0.6) is 5.75 Å². The summed E-state index contributed by atoms with van der Waals surface area (Å²) < 4.78 is 23.1. The second-order valence-corrected chi connectivity index (χ2v) is 8.30. The molecule has 182 valence electrons. The maximum absolute atomic E-state index is 12.9. The summed E-state index contributed by atoms with van der Waals surface area (Å²) in [4.78, 5) is 37.5. The molecule has 2 heterocycles. The van der Waals surface area contributed by atoms with E-state index in [1.54, 1.807) is 19.1 Å². The third kappa shape index (κ3) is 4.44. The summed E-state index contributed by atoms with van der Waals surface area (Å²) in [7, 11) is 1.48. The van der Waals surface area contributed by atoms with Crippen molar-refractivity contribution in [2.24, 2.45) is 0 Å². The molecule has 2 aromatic carbocycles. The minimum absolute atomic E-state index is 0.240. The van der Waals surface area contributed by atoms with E-state index >= 15 is 0 Å². The van der Waals surface area contributed by atoms with Crippen molar-refractivity contribution in [3.63, 3.8) is 0 Å². The van der Waals surface area contributed by atoms with Gasteiger partial charge in [0.25, 0.3) is 5.79 Å². The Balaban J connectivity index is 1.86.